The molecule has 0 aliphatic rings. The Hall–Kier alpha value is -0.750. The zero-order valence-electron chi connectivity index (χ0n) is 6.51. The van der Waals surface area contributed by atoms with Gasteiger partial charge in [-0.15, -0.1) is 0 Å². The largest absolute Gasteiger partial charge is 0.326 e. The zero-order valence-corrected chi connectivity index (χ0v) is 8.09. The average Bonchev–Trinajstić information content (AvgIpc) is 2.08. The van der Waals surface area contributed by atoms with Crippen molar-refractivity contribution in [2.24, 2.45) is 5.73 Å². The van der Waals surface area contributed by atoms with E-state index in [1.54, 1.807) is 0 Å². The number of hydrogen-bond donors (Lipinski definition) is 1. The van der Waals surface area contributed by atoms with Gasteiger partial charge in [0, 0.05) is 22.8 Å². The molecule has 0 aliphatic carbocycles. The first-order valence-corrected chi connectivity index (χ1v) is 4.24. The Labute approximate surface area is 81.3 Å². The molecule has 0 unspecified atom stereocenters. The van der Waals surface area contributed by atoms with Gasteiger partial charge >= 0.3 is 6.55 Å². The van der Waals surface area contributed by atoms with Crippen molar-refractivity contribution in [2.75, 3.05) is 0 Å². The summed E-state index contributed by atoms with van der Waals surface area (Å²) in [6.07, 6.45) is 1.03. The van der Waals surface area contributed by atoms with Crippen molar-refractivity contribution in [3.63, 3.8) is 0 Å². The van der Waals surface area contributed by atoms with Gasteiger partial charge in [-0.2, -0.15) is 8.78 Å². The van der Waals surface area contributed by atoms with E-state index in [0.717, 1.165) is 6.20 Å². The van der Waals surface area contributed by atoms with Crippen LogP contribution in [0.3, 0.4) is 0 Å². The summed E-state index contributed by atoms with van der Waals surface area (Å²) >= 11 is 3.01. The van der Waals surface area contributed by atoms with Gasteiger partial charge < -0.3 is 5.73 Å². The van der Waals surface area contributed by atoms with Gasteiger partial charge in [0.2, 0.25) is 0 Å². The van der Waals surface area contributed by atoms with E-state index < -0.39 is 12.1 Å². The maximum Gasteiger partial charge on any atom is 0.321 e. The van der Waals surface area contributed by atoms with Crippen molar-refractivity contribution in [1.82, 2.24) is 4.57 Å². The first kappa shape index (κ1) is 10.3. The van der Waals surface area contributed by atoms with Crippen LogP contribution in [-0.2, 0) is 6.54 Å². The van der Waals surface area contributed by atoms with E-state index in [-0.39, 0.29) is 12.1 Å². The smallest absolute Gasteiger partial charge is 0.321 e. The summed E-state index contributed by atoms with van der Waals surface area (Å²) in [6.45, 7) is -2.89. The first-order valence-electron chi connectivity index (χ1n) is 3.45. The van der Waals surface area contributed by atoms with Crippen LogP contribution >= 0.6 is 15.9 Å². The van der Waals surface area contributed by atoms with Gasteiger partial charge in [-0.05, 0) is 22.0 Å². The van der Waals surface area contributed by atoms with Crippen LogP contribution in [0.2, 0.25) is 0 Å². The third-order valence-electron chi connectivity index (χ3n) is 1.51. The van der Waals surface area contributed by atoms with Crippen molar-refractivity contribution in [2.45, 2.75) is 13.1 Å². The summed E-state index contributed by atoms with van der Waals surface area (Å²) in [4.78, 5) is 11.2. The molecule has 1 heterocycles. The van der Waals surface area contributed by atoms with E-state index in [0.29, 0.717) is 9.04 Å². The molecule has 0 bridgehead atoms. The molecule has 6 heteroatoms. The van der Waals surface area contributed by atoms with E-state index in [1.807, 2.05) is 0 Å². The molecule has 0 saturated heterocycles. The van der Waals surface area contributed by atoms with Gasteiger partial charge in [0.25, 0.3) is 5.56 Å². The number of alkyl halides is 2. The Morgan fingerprint density at radius 3 is 2.69 bits per heavy atom. The third-order valence-corrected chi connectivity index (χ3v) is 1.95. The Morgan fingerprint density at radius 1 is 1.62 bits per heavy atom. The summed E-state index contributed by atoms with van der Waals surface area (Å²) in [7, 11) is 0. The van der Waals surface area contributed by atoms with Gasteiger partial charge in [-0.1, -0.05) is 0 Å². The molecule has 1 aromatic rings. The first-order chi connectivity index (χ1) is 6.06. The van der Waals surface area contributed by atoms with Crippen molar-refractivity contribution in [3.8, 4) is 0 Å². The van der Waals surface area contributed by atoms with E-state index >= 15 is 0 Å². The van der Waals surface area contributed by atoms with Gasteiger partial charge in [-0.25, -0.2) is 0 Å². The second kappa shape index (κ2) is 3.97. The summed E-state index contributed by atoms with van der Waals surface area (Å²) in [5.74, 6) is 0. The minimum absolute atomic E-state index is 0.0506. The lowest BCUT2D eigenvalue weighted by Crippen LogP contribution is -2.25. The minimum Gasteiger partial charge on any atom is -0.326 e. The minimum atomic E-state index is -2.84. The lowest BCUT2D eigenvalue weighted by Gasteiger charge is -2.06. The Bertz CT molecular complexity index is 364. The van der Waals surface area contributed by atoms with Crippen LogP contribution in [0.5, 0.6) is 0 Å². The average molecular weight is 253 g/mol. The van der Waals surface area contributed by atoms with Crippen LogP contribution in [-0.4, -0.2) is 4.57 Å². The maximum atomic E-state index is 12.2. The molecule has 1 aromatic heterocycles. The standard InChI is InChI=1S/C7H7BrF2N2O/c8-5-1-4(2-11)6(13)12(3-5)7(9)10/h1,3,7H,2,11H2. The molecule has 3 nitrogen and oxygen atoms in total. The second-order valence-corrected chi connectivity index (χ2v) is 3.29. The molecule has 72 valence electrons. The van der Waals surface area contributed by atoms with E-state index in [9.17, 15) is 13.6 Å². The van der Waals surface area contributed by atoms with Crippen molar-refractivity contribution < 1.29 is 8.78 Å². The van der Waals surface area contributed by atoms with E-state index in [1.165, 1.54) is 6.07 Å². The topological polar surface area (TPSA) is 48.0 Å². The number of aromatic nitrogens is 1. The SMILES string of the molecule is NCc1cc(Br)cn(C(F)F)c1=O. The molecule has 0 saturated carbocycles. The van der Waals surface area contributed by atoms with Crippen LogP contribution < -0.4 is 11.3 Å². The number of nitrogens with zero attached hydrogens (tertiary/aromatic N) is 1. The van der Waals surface area contributed by atoms with Crippen LogP contribution in [0.15, 0.2) is 21.5 Å². The van der Waals surface area contributed by atoms with Crippen molar-refractivity contribution in [1.29, 1.82) is 0 Å². The van der Waals surface area contributed by atoms with E-state index in [2.05, 4.69) is 15.9 Å². The second-order valence-electron chi connectivity index (χ2n) is 2.38. The number of rotatable bonds is 2. The predicted molar refractivity (Wildman–Crippen MR) is 47.5 cm³/mol. The molecule has 1 rings (SSSR count). The molecule has 0 spiro atoms. The predicted octanol–water partition coefficient (Wildman–Crippen LogP) is 1.46. The highest BCUT2D eigenvalue weighted by Gasteiger charge is 2.11. The Morgan fingerprint density at radius 2 is 2.23 bits per heavy atom. The lowest BCUT2D eigenvalue weighted by atomic mass is 10.3. The lowest BCUT2D eigenvalue weighted by molar-refractivity contribution is 0.0658. The van der Waals surface area contributed by atoms with Crippen LogP contribution in [0, 0.1) is 0 Å². The molecule has 13 heavy (non-hydrogen) atoms. The highest BCUT2D eigenvalue weighted by atomic mass is 79.9. The van der Waals surface area contributed by atoms with Gasteiger partial charge in [0.15, 0.2) is 0 Å². The summed E-state index contributed by atoms with van der Waals surface area (Å²) in [5, 5.41) is 0. The number of pyridine rings is 1. The molecule has 0 aliphatic heterocycles. The summed E-state index contributed by atoms with van der Waals surface area (Å²) < 4.78 is 25.2. The zero-order chi connectivity index (χ0) is 10.0. The summed E-state index contributed by atoms with van der Waals surface area (Å²) in [6, 6.07) is 1.43. The molecule has 0 amide bonds. The molecular weight excluding hydrogens is 246 g/mol. The number of nitrogens with two attached hydrogens (primary N) is 1. The van der Waals surface area contributed by atoms with Gasteiger partial charge in [0.05, 0.1) is 0 Å². The number of hydrogen-bond acceptors (Lipinski definition) is 2. The summed E-state index contributed by atoms with van der Waals surface area (Å²) in [5.41, 5.74) is 4.62. The van der Waals surface area contributed by atoms with Crippen LogP contribution in [0.25, 0.3) is 0 Å². The monoisotopic (exact) mass is 252 g/mol. The fourth-order valence-corrected chi connectivity index (χ4v) is 1.41. The molecule has 0 radical (unpaired) electrons. The third kappa shape index (κ3) is 2.13. The van der Waals surface area contributed by atoms with Crippen LogP contribution in [0.1, 0.15) is 12.1 Å². The Kier molecular flexibility index (Phi) is 3.16. The maximum absolute atomic E-state index is 12.2. The molecule has 2 N–H and O–H groups in total. The molecule has 0 aromatic carbocycles. The highest BCUT2D eigenvalue weighted by Crippen LogP contribution is 2.13. The quantitative estimate of drug-likeness (QED) is 0.867. The van der Waals surface area contributed by atoms with E-state index in [4.69, 9.17) is 5.73 Å². The fraction of sp³-hybridized carbons (Fsp3) is 0.286. The molecular formula is C7H7BrF2N2O. The van der Waals surface area contributed by atoms with Gasteiger partial charge in [0.1, 0.15) is 0 Å². The fourth-order valence-electron chi connectivity index (χ4n) is 0.914. The highest BCUT2D eigenvalue weighted by molar-refractivity contribution is 9.10. The van der Waals surface area contributed by atoms with Gasteiger partial charge in [-0.3, -0.25) is 9.36 Å². The molecule has 0 atom stereocenters. The van der Waals surface area contributed by atoms with Crippen molar-refractivity contribution >= 4 is 15.9 Å². The Balaban J connectivity index is 3.36. The van der Waals surface area contributed by atoms with Crippen LogP contribution in [0.4, 0.5) is 8.78 Å². The van der Waals surface area contributed by atoms with Crippen molar-refractivity contribution in [3.05, 3.63) is 32.7 Å². The molecule has 0 fully saturated rings. The number of halogens is 3. The normalized spacial score (nSPS) is 10.8.